The van der Waals surface area contributed by atoms with E-state index in [0.29, 0.717) is 12.1 Å². The summed E-state index contributed by atoms with van der Waals surface area (Å²) in [4.78, 5) is 13.7. The van der Waals surface area contributed by atoms with Gasteiger partial charge in [-0.15, -0.1) is 0 Å². The summed E-state index contributed by atoms with van der Waals surface area (Å²) in [7, 11) is -1.87. The van der Waals surface area contributed by atoms with Crippen molar-refractivity contribution >= 4 is 15.9 Å². The van der Waals surface area contributed by atoms with E-state index in [1.807, 2.05) is 6.92 Å². The molecular weight excluding hydrogens is 319 g/mol. The van der Waals surface area contributed by atoms with Crippen molar-refractivity contribution in [1.82, 2.24) is 9.21 Å². The van der Waals surface area contributed by atoms with Gasteiger partial charge in [0.25, 0.3) is 0 Å². The third kappa shape index (κ3) is 6.66. The lowest BCUT2D eigenvalue weighted by Crippen LogP contribution is -2.42. The molecule has 1 amide bonds. The first-order valence-corrected chi connectivity index (χ1v) is 9.53. The van der Waals surface area contributed by atoms with Gasteiger partial charge in [-0.2, -0.15) is 4.31 Å². The molecule has 23 heavy (non-hydrogen) atoms. The predicted molar refractivity (Wildman–Crippen MR) is 89.1 cm³/mol. The van der Waals surface area contributed by atoms with Crippen LogP contribution in [0.2, 0.25) is 0 Å². The number of amides is 1. The van der Waals surface area contributed by atoms with E-state index >= 15 is 0 Å². The van der Waals surface area contributed by atoms with Gasteiger partial charge in [-0.3, -0.25) is 4.79 Å². The summed E-state index contributed by atoms with van der Waals surface area (Å²) in [6.07, 6.45) is 3.12. The molecular formula is C16H25FN2O3S. The number of likely N-dealkylation sites (N-methyl/N-ethyl adjacent to an activating group) is 1. The van der Waals surface area contributed by atoms with Crippen LogP contribution in [-0.2, 0) is 21.2 Å². The van der Waals surface area contributed by atoms with Crippen LogP contribution in [0, 0.1) is 5.82 Å². The van der Waals surface area contributed by atoms with Crippen LogP contribution in [0.4, 0.5) is 4.39 Å². The molecule has 7 heteroatoms. The third-order valence-electron chi connectivity index (χ3n) is 3.64. The Morgan fingerprint density at radius 3 is 2.43 bits per heavy atom. The van der Waals surface area contributed by atoms with Gasteiger partial charge in [0.05, 0.1) is 12.8 Å². The predicted octanol–water partition coefficient (Wildman–Crippen LogP) is 1.89. The number of halogens is 1. The van der Waals surface area contributed by atoms with Gasteiger partial charge in [0.15, 0.2) is 0 Å². The fourth-order valence-electron chi connectivity index (χ4n) is 2.10. The molecule has 1 rings (SSSR count). The molecule has 0 aromatic heterocycles. The van der Waals surface area contributed by atoms with Gasteiger partial charge in [-0.05, 0) is 24.5 Å². The van der Waals surface area contributed by atoms with Crippen molar-refractivity contribution in [1.29, 1.82) is 0 Å². The summed E-state index contributed by atoms with van der Waals surface area (Å²) in [6, 6.07) is 6.24. The van der Waals surface area contributed by atoms with Crippen LogP contribution in [-0.4, -0.2) is 56.5 Å². The maximum absolute atomic E-state index is 13.6. The fraction of sp³-hybridized carbons (Fsp3) is 0.562. The van der Waals surface area contributed by atoms with Crippen molar-refractivity contribution in [2.24, 2.45) is 0 Å². The first-order valence-electron chi connectivity index (χ1n) is 7.68. The zero-order valence-electron chi connectivity index (χ0n) is 14.0. The first kappa shape index (κ1) is 19.6. The number of rotatable bonds is 9. The summed E-state index contributed by atoms with van der Waals surface area (Å²) in [6.45, 7) is 2.48. The van der Waals surface area contributed by atoms with Crippen molar-refractivity contribution in [3.63, 3.8) is 0 Å². The van der Waals surface area contributed by atoms with Crippen molar-refractivity contribution in [2.75, 3.05) is 32.9 Å². The van der Waals surface area contributed by atoms with E-state index in [0.717, 1.165) is 23.4 Å². The molecule has 1 aromatic rings. The SMILES string of the molecule is CCCCN(C)C(=O)CN(CCc1ccccc1F)S(C)(=O)=O. The molecule has 1 aromatic carbocycles. The summed E-state index contributed by atoms with van der Waals surface area (Å²) in [5, 5.41) is 0. The van der Waals surface area contributed by atoms with Crippen LogP contribution in [0.25, 0.3) is 0 Å². The number of benzene rings is 1. The van der Waals surface area contributed by atoms with Gasteiger partial charge in [0.1, 0.15) is 5.82 Å². The zero-order valence-corrected chi connectivity index (χ0v) is 14.8. The Morgan fingerprint density at radius 1 is 1.22 bits per heavy atom. The Labute approximate surface area is 138 Å². The molecule has 0 aliphatic heterocycles. The Kier molecular flexibility index (Phi) is 7.64. The van der Waals surface area contributed by atoms with Gasteiger partial charge in [0.2, 0.25) is 15.9 Å². The Hall–Kier alpha value is -1.47. The van der Waals surface area contributed by atoms with E-state index in [-0.39, 0.29) is 31.2 Å². The summed E-state index contributed by atoms with van der Waals surface area (Å²) in [5.41, 5.74) is 0.438. The molecule has 130 valence electrons. The monoisotopic (exact) mass is 344 g/mol. The molecule has 0 atom stereocenters. The van der Waals surface area contributed by atoms with Crippen molar-refractivity contribution in [2.45, 2.75) is 26.2 Å². The van der Waals surface area contributed by atoms with Crippen molar-refractivity contribution in [3.8, 4) is 0 Å². The van der Waals surface area contributed by atoms with Crippen LogP contribution in [0.5, 0.6) is 0 Å². The van der Waals surface area contributed by atoms with E-state index in [1.165, 1.54) is 11.0 Å². The minimum Gasteiger partial charge on any atom is -0.345 e. The average molecular weight is 344 g/mol. The van der Waals surface area contributed by atoms with Crippen LogP contribution < -0.4 is 0 Å². The van der Waals surface area contributed by atoms with Crippen molar-refractivity contribution < 1.29 is 17.6 Å². The van der Waals surface area contributed by atoms with E-state index < -0.39 is 10.0 Å². The smallest absolute Gasteiger partial charge is 0.237 e. The molecule has 5 nitrogen and oxygen atoms in total. The van der Waals surface area contributed by atoms with Gasteiger partial charge >= 0.3 is 0 Å². The molecule has 0 spiro atoms. The lowest BCUT2D eigenvalue weighted by atomic mass is 10.1. The molecule has 0 saturated heterocycles. The number of sulfonamides is 1. The number of carbonyl (C=O) groups is 1. The molecule has 0 fully saturated rings. The molecule has 0 heterocycles. The zero-order chi connectivity index (χ0) is 17.5. The lowest BCUT2D eigenvalue weighted by molar-refractivity contribution is -0.130. The minimum absolute atomic E-state index is 0.0765. The molecule has 0 unspecified atom stereocenters. The average Bonchev–Trinajstić information content (AvgIpc) is 2.49. The largest absolute Gasteiger partial charge is 0.345 e. The van der Waals surface area contributed by atoms with E-state index in [9.17, 15) is 17.6 Å². The van der Waals surface area contributed by atoms with Crippen LogP contribution in [0.15, 0.2) is 24.3 Å². The standard InChI is InChI=1S/C16H25FN2O3S/c1-4-5-11-18(2)16(20)13-19(23(3,21)22)12-10-14-8-6-7-9-15(14)17/h6-9H,4-5,10-13H2,1-3H3. The highest BCUT2D eigenvalue weighted by atomic mass is 32.2. The van der Waals surface area contributed by atoms with E-state index in [1.54, 1.807) is 25.2 Å². The molecule has 0 aliphatic rings. The molecule has 0 N–H and O–H groups in total. The van der Waals surface area contributed by atoms with Crippen LogP contribution in [0.3, 0.4) is 0 Å². The number of unbranched alkanes of at least 4 members (excludes halogenated alkanes) is 1. The van der Waals surface area contributed by atoms with Gasteiger partial charge in [0, 0.05) is 20.1 Å². The number of nitrogens with zero attached hydrogens (tertiary/aromatic N) is 2. The summed E-state index contributed by atoms with van der Waals surface area (Å²) < 4.78 is 38.5. The first-order chi connectivity index (χ1) is 10.8. The Bertz CT molecular complexity index is 620. The molecule has 0 radical (unpaired) electrons. The van der Waals surface area contributed by atoms with Crippen LogP contribution in [0.1, 0.15) is 25.3 Å². The second-order valence-corrected chi connectivity index (χ2v) is 7.59. The minimum atomic E-state index is -3.53. The van der Waals surface area contributed by atoms with Crippen LogP contribution >= 0.6 is 0 Å². The molecule has 0 aliphatic carbocycles. The van der Waals surface area contributed by atoms with E-state index in [2.05, 4.69) is 0 Å². The highest BCUT2D eigenvalue weighted by Crippen LogP contribution is 2.09. The molecule has 0 bridgehead atoms. The number of hydrogen-bond acceptors (Lipinski definition) is 3. The topological polar surface area (TPSA) is 57.7 Å². The summed E-state index contributed by atoms with van der Waals surface area (Å²) >= 11 is 0. The Balaban J connectivity index is 2.71. The van der Waals surface area contributed by atoms with E-state index in [4.69, 9.17) is 0 Å². The van der Waals surface area contributed by atoms with Gasteiger partial charge < -0.3 is 4.90 Å². The third-order valence-corrected chi connectivity index (χ3v) is 4.89. The number of hydrogen-bond donors (Lipinski definition) is 0. The quantitative estimate of drug-likeness (QED) is 0.687. The fourth-order valence-corrected chi connectivity index (χ4v) is 2.87. The highest BCUT2D eigenvalue weighted by molar-refractivity contribution is 7.88. The highest BCUT2D eigenvalue weighted by Gasteiger charge is 2.22. The van der Waals surface area contributed by atoms with Gasteiger partial charge in [-0.25, -0.2) is 12.8 Å². The number of carbonyl (C=O) groups excluding carboxylic acids is 1. The maximum Gasteiger partial charge on any atom is 0.237 e. The maximum atomic E-state index is 13.6. The Morgan fingerprint density at radius 2 is 1.87 bits per heavy atom. The summed E-state index contributed by atoms with van der Waals surface area (Å²) in [5.74, 6) is -0.621. The van der Waals surface area contributed by atoms with Crippen molar-refractivity contribution in [3.05, 3.63) is 35.6 Å². The van der Waals surface area contributed by atoms with Gasteiger partial charge in [-0.1, -0.05) is 31.5 Å². The second kappa shape index (κ2) is 8.98. The normalized spacial score (nSPS) is 11.7. The second-order valence-electron chi connectivity index (χ2n) is 5.61. The lowest BCUT2D eigenvalue weighted by Gasteiger charge is -2.23. The molecule has 0 saturated carbocycles.